The van der Waals surface area contributed by atoms with Crippen molar-refractivity contribution in [3.05, 3.63) is 54.1 Å². The Bertz CT molecular complexity index is 989. The number of benzene rings is 2. The zero-order valence-corrected chi connectivity index (χ0v) is 18.7. The number of hydrogen-bond donors (Lipinski definition) is 0. The molecule has 8 heteroatoms. The van der Waals surface area contributed by atoms with E-state index in [0.717, 1.165) is 23.4 Å². The molecular weight excluding hydrogens is 394 g/mol. The monoisotopic (exact) mass is 423 g/mol. The normalized spacial score (nSPS) is 11.5. The Balaban J connectivity index is 1.58. The van der Waals surface area contributed by atoms with Crippen LogP contribution in [-0.2, 0) is 11.3 Å². The summed E-state index contributed by atoms with van der Waals surface area (Å²) in [6, 6.07) is 15.0. The van der Waals surface area contributed by atoms with Crippen LogP contribution in [0.1, 0.15) is 26.3 Å². The van der Waals surface area contributed by atoms with Crippen LogP contribution in [0.2, 0.25) is 0 Å². The van der Waals surface area contributed by atoms with Gasteiger partial charge >= 0.3 is 5.97 Å². The Labute approximate surface area is 182 Å². The highest BCUT2D eigenvalue weighted by atomic mass is 16.5. The van der Waals surface area contributed by atoms with Crippen LogP contribution >= 0.6 is 0 Å². The zero-order chi connectivity index (χ0) is 22.4. The van der Waals surface area contributed by atoms with Crippen molar-refractivity contribution in [2.24, 2.45) is 5.41 Å². The molecule has 2 aromatic carbocycles. The Morgan fingerprint density at radius 3 is 2.26 bits per heavy atom. The summed E-state index contributed by atoms with van der Waals surface area (Å²) in [5.41, 5.74) is 1.29. The highest BCUT2D eigenvalue weighted by Gasteiger charge is 2.23. The lowest BCUT2D eigenvalue weighted by Crippen LogP contribution is -2.25. The lowest BCUT2D eigenvalue weighted by molar-refractivity contribution is -0.142. The molecule has 3 rings (SSSR count). The maximum atomic E-state index is 12.0. The van der Waals surface area contributed by atoms with Gasteiger partial charge < -0.3 is 14.4 Å². The van der Waals surface area contributed by atoms with Crippen molar-refractivity contribution in [1.29, 1.82) is 0 Å². The van der Waals surface area contributed by atoms with E-state index in [0.29, 0.717) is 24.7 Å². The molecule has 8 nitrogen and oxygen atoms in total. The van der Waals surface area contributed by atoms with Gasteiger partial charge in [0.05, 0.1) is 12.0 Å². The third-order valence-electron chi connectivity index (χ3n) is 4.44. The van der Waals surface area contributed by atoms with Crippen LogP contribution in [0.3, 0.4) is 0 Å². The van der Waals surface area contributed by atoms with Crippen molar-refractivity contribution in [3.8, 4) is 22.9 Å². The summed E-state index contributed by atoms with van der Waals surface area (Å²) in [4.78, 5) is 15.6. The topological polar surface area (TPSA) is 82.4 Å². The number of carbonyl (C=O) groups is 1. The van der Waals surface area contributed by atoms with Crippen LogP contribution in [-0.4, -0.2) is 58.3 Å². The SMILES string of the molecule is CN(C)CCOc1ccc(Cn2nnc(-c3ccc(OC(=O)C(C)(C)C)cc3)n2)cc1. The summed E-state index contributed by atoms with van der Waals surface area (Å²) in [7, 11) is 4.03. The molecule has 0 amide bonds. The minimum absolute atomic E-state index is 0.279. The molecule has 0 aliphatic rings. The van der Waals surface area contributed by atoms with Crippen LogP contribution in [0.25, 0.3) is 11.4 Å². The third-order valence-corrected chi connectivity index (χ3v) is 4.44. The van der Waals surface area contributed by atoms with Crippen LogP contribution < -0.4 is 9.47 Å². The number of aromatic nitrogens is 4. The lowest BCUT2D eigenvalue weighted by Gasteiger charge is -2.16. The highest BCUT2D eigenvalue weighted by Crippen LogP contribution is 2.22. The maximum Gasteiger partial charge on any atom is 0.316 e. The van der Waals surface area contributed by atoms with Gasteiger partial charge in [-0.15, -0.1) is 10.2 Å². The molecule has 3 aromatic rings. The number of hydrogen-bond acceptors (Lipinski definition) is 7. The second-order valence-electron chi connectivity index (χ2n) is 8.60. The summed E-state index contributed by atoms with van der Waals surface area (Å²) < 4.78 is 11.1. The molecule has 0 aliphatic carbocycles. The van der Waals surface area contributed by atoms with E-state index in [9.17, 15) is 4.79 Å². The van der Waals surface area contributed by atoms with E-state index in [1.165, 1.54) is 0 Å². The number of nitrogens with zero attached hydrogens (tertiary/aromatic N) is 5. The Morgan fingerprint density at radius 1 is 1.00 bits per heavy atom. The van der Waals surface area contributed by atoms with E-state index >= 15 is 0 Å². The fourth-order valence-electron chi connectivity index (χ4n) is 2.56. The second kappa shape index (κ2) is 9.70. The Morgan fingerprint density at radius 2 is 1.65 bits per heavy atom. The Kier molecular flexibility index (Phi) is 7.02. The first kappa shape index (κ1) is 22.4. The lowest BCUT2D eigenvalue weighted by atomic mass is 9.97. The molecule has 31 heavy (non-hydrogen) atoms. The van der Waals surface area contributed by atoms with E-state index in [4.69, 9.17) is 9.47 Å². The fourth-order valence-corrected chi connectivity index (χ4v) is 2.56. The Hall–Kier alpha value is -3.26. The summed E-state index contributed by atoms with van der Waals surface area (Å²) in [5.74, 6) is 1.56. The van der Waals surface area contributed by atoms with Gasteiger partial charge in [-0.2, -0.15) is 4.80 Å². The fraction of sp³-hybridized carbons (Fsp3) is 0.391. The van der Waals surface area contributed by atoms with Crippen LogP contribution in [0.4, 0.5) is 0 Å². The molecule has 0 N–H and O–H groups in total. The number of likely N-dealkylation sites (N-methyl/N-ethyl adjacent to an activating group) is 1. The van der Waals surface area contributed by atoms with Gasteiger partial charge in [0, 0.05) is 12.1 Å². The van der Waals surface area contributed by atoms with Crippen molar-refractivity contribution in [2.45, 2.75) is 27.3 Å². The van der Waals surface area contributed by atoms with Crippen LogP contribution in [0, 0.1) is 5.41 Å². The number of esters is 1. The number of ether oxygens (including phenoxy) is 2. The van der Waals surface area contributed by atoms with E-state index in [1.54, 1.807) is 16.9 Å². The first-order valence-electron chi connectivity index (χ1n) is 10.2. The average Bonchev–Trinajstić information content (AvgIpc) is 3.17. The third kappa shape index (κ3) is 6.62. The van der Waals surface area contributed by atoms with Gasteiger partial charge in [-0.05, 0) is 82.0 Å². The van der Waals surface area contributed by atoms with Gasteiger partial charge in [0.25, 0.3) is 0 Å². The standard InChI is InChI=1S/C23H29N5O3/c1-23(2,3)22(29)31-20-12-8-18(9-13-20)21-24-26-28(25-21)16-17-6-10-19(11-7-17)30-15-14-27(4)5/h6-13H,14-16H2,1-5H3. The largest absolute Gasteiger partial charge is 0.492 e. The molecule has 0 unspecified atom stereocenters. The van der Waals surface area contributed by atoms with E-state index in [1.807, 2.05) is 71.3 Å². The van der Waals surface area contributed by atoms with E-state index in [2.05, 4.69) is 20.3 Å². The summed E-state index contributed by atoms with van der Waals surface area (Å²) >= 11 is 0. The first-order chi connectivity index (χ1) is 14.7. The van der Waals surface area contributed by atoms with Crippen LogP contribution in [0.5, 0.6) is 11.5 Å². The molecule has 0 spiro atoms. The van der Waals surface area contributed by atoms with Crippen molar-refractivity contribution >= 4 is 5.97 Å². The van der Waals surface area contributed by atoms with E-state index in [-0.39, 0.29) is 5.97 Å². The average molecular weight is 424 g/mol. The molecule has 164 valence electrons. The van der Waals surface area contributed by atoms with Gasteiger partial charge in [-0.25, -0.2) is 0 Å². The molecule has 1 heterocycles. The molecule has 0 saturated carbocycles. The summed E-state index contributed by atoms with van der Waals surface area (Å²) in [6.07, 6.45) is 0. The highest BCUT2D eigenvalue weighted by molar-refractivity contribution is 5.78. The van der Waals surface area contributed by atoms with Gasteiger partial charge in [0.1, 0.15) is 18.1 Å². The molecule has 0 saturated heterocycles. The van der Waals surface area contributed by atoms with Crippen molar-refractivity contribution in [3.63, 3.8) is 0 Å². The summed E-state index contributed by atoms with van der Waals surface area (Å²) in [6.45, 7) is 7.47. The number of rotatable bonds is 8. The van der Waals surface area contributed by atoms with Gasteiger partial charge in [0.2, 0.25) is 5.82 Å². The smallest absolute Gasteiger partial charge is 0.316 e. The number of tetrazole rings is 1. The van der Waals surface area contributed by atoms with Crippen LogP contribution in [0.15, 0.2) is 48.5 Å². The molecule has 0 atom stereocenters. The molecule has 0 radical (unpaired) electrons. The van der Waals surface area contributed by atoms with Crippen molar-refractivity contribution in [1.82, 2.24) is 25.1 Å². The number of carbonyl (C=O) groups excluding carboxylic acids is 1. The predicted octanol–water partition coefficient (Wildman–Crippen LogP) is 3.28. The van der Waals surface area contributed by atoms with Gasteiger partial charge in [0.15, 0.2) is 0 Å². The molecule has 0 fully saturated rings. The summed E-state index contributed by atoms with van der Waals surface area (Å²) in [5, 5.41) is 12.7. The minimum Gasteiger partial charge on any atom is -0.492 e. The molecular formula is C23H29N5O3. The van der Waals surface area contributed by atoms with Crippen molar-refractivity contribution < 1.29 is 14.3 Å². The van der Waals surface area contributed by atoms with Crippen molar-refractivity contribution in [2.75, 3.05) is 27.2 Å². The van der Waals surface area contributed by atoms with E-state index < -0.39 is 5.41 Å². The minimum atomic E-state index is -0.556. The van der Waals surface area contributed by atoms with Gasteiger partial charge in [-0.3, -0.25) is 4.79 Å². The molecule has 1 aromatic heterocycles. The quantitative estimate of drug-likeness (QED) is 0.406. The molecule has 0 bridgehead atoms. The zero-order valence-electron chi connectivity index (χ0n) is 18.7. The first-order valence-corrected chi connectivity index (χ1v) is 10.2. The molecule has 0 aliphatic heterocycles. The maximum absolute atomic E-state index is 12.0. The second-order valence-corrected chi connectivity index (χ2v) is 8.60. The van der Waals surface area contributed by atoms with Gasteiger partial charge in [-0.1, -0.05) is 12.1 Å². The predicted molar refractivity (Wildman–Crippen MR) is 118 cm³/mol.